The van der Waals surface area contributed by atoms with Crippen LogP contribution in [0.25, 0.3) is 28.2 Å². The number of nitrogens with zero attached hydrogens (tertiary/aromatic N) is 7. The number of likely N-dealkylation sites (tertiary alicyclic amines) is 1. The van der Waals surface area contributed by atoms with Crippen LogP contribution < -0.4 is 4.90 Å². The van der Waals surface area contributed by atoms with Gasteiger partial charge in [-0.2, -0.15) is 10.2 Å². The minimum atomic E-state index is -0.296. The summed E-state index contributed by atoms with van der Waals surface area (Å²) >= 11 is 0. The predicted molar refractivity (Wildman–Crippen MR) is 116 cm³/mol. The van der Waals surface area contributed by atoms with Crippen LogP contribution >= 0.6 is 0 Å². The second-order valence-corrected chi connectivity index (χ2v) is 8.56. The number of rotatable bonds is 3. The number of fused-ring (bicyclic) bond motifs is 2. The van der Waals surface area contributed by atoms with E-state index in [1.807, 2.05) is 28.8 Å². The molecule has 0 bridgehead atoms. The second kappa shape index (κ2) is 7.09. The lowest BCUT2D eigenvalue weighted by Gasteiger charge is -2.20. The summed E-state index contributed by atoms with van der Waals surface area (Å²) in [4.78, 5) is 9.58. The summed E-state index contributed by atoms with van der Waals surface area (Å²) in [5, 5.41) is 12.9. The summed E-state index contributed by atoms with van der Waals surface area (Å²) in [6, 6.07) is 12.4. The first-order valence-electron chi connectivity index (χ1n) is 10.5. The van der Waals surface area contributed by atoms with Gasteiger partial charge < -0.3 is 9.80 Å². The Hall–Kier alpha value is -3.39. The molecule has 4 aromatic rings. The molecule has 2 fully saturated rings. The molecule has 31 heavy (non-hydrogen) atoms. The standard InChI is InChI=1S/C23H22FN7/c1-29-11-17-13-30(14-18(17)12-29)21-6-5-20-27-22(15-3-2-4-19(24)9-15)23(31(20)28-21)16-7-8-25-26-10-16/h2-10,17-18H,11-14H2,1H3. The van der Waals surface area contributed by atoms with Gasteiger partial charge >= 0.3 is 0 Å². The molecule has 8 heteroatoms. The van der Waals surface area contributed by atoms with Gasteiger partial charge in [0.05, 0.1) is 18.1 Å². The largest absolute Gasteiger partial charge is 0.355 e. The SMILES string of the molecule is CN1CC2CN(c3ccc4nc(-c5cccc(F)c5)c(-c5ccnnc5)n4n3)CC2C1. The minimum Gasteiger partial charge on any atom is -0.355 e. The van der Waals surface area contributed by atoms with Crippen LogP contribution in [0.2, 0.25) is 0 Å². The molecule has 0 N–H and O–H groups in total. The average molecular weight is 415 g/mol. The van der Waals surface area contributed by atoms with Crippen molar-refractivity contribution in [2.75, 3.05) is 38.1 Å². The zero-order valence-corrected chi connectivity index (χ0v) is 17.2. The number of hydrogen-bond acceptors (Lipinski definition) is 6. The number of aromatic nitrogens is 5. The third-order valence-electron chi connectivity index (χ3n) is 6.41. The van der Waals surface area contributed by atoms with Gasteiger partial charge in [0.25, 0.3) is 0 Å². The van der Waals surface area contributed by atoms with Crippen molar-refractivity contribution >= 4 is 11.5 Å². The van der Waals surface area contributed by atoms with Crippen molar-refractivity contribution < 1.29 is 4.39 Å². The van der Waals surface area contributed by atoms with Gasteiger partial charge in [-0.25, -0.2) is 13.9 Å². The van der Waals surface area contributed by atoms with Crippen molar-refractivity contribution in [3.05, 3.63) is 60.7 Å². The van der Waals surface area contributed by atoms with E-state index in [9.17, 15) is 4.39 Å². The molecule has 2 unspecified atom stereocenters. The van der Waals surface area contributed by atoms with E-state index >= 15 is 0 Å². The zero-order chi connectivity index (χ0) is 20.9. The van der Waals surface area contributed by atoms with Crippen molar-refractivity contribution in [1.29, 1.82) is 0 Å². The molecule has 2 atom stereocenters. The maximum absolute atomic E-state index is 14.0. The molecular weight excluding hydrogens is 393 g/mol. The van der Waals surface area contributed by atoms with Crippen LogP contribution in [0, 0.1) is 17.7 Å². The van der Waals surface area contributed by atoms with Crippen molar-refractivity contribution in [3.63, 3.8) is 0 Å². The molecule has 0 amide bonds. The Kier molecular flexibility index (Phi) is 4.21. The molecular formula is C23H22FN7. The van der Waals surface area contributed by atoms with Gasteiger partial charge in [-0.15, -0.1) is 5.10 Å². The number of benzene rings is 1. The van der Waals surface area contributed by atoms with Gasteiger partial charge in [-0.05, 0) is 49.2 Å². The number of halogens is 1. The third-order valence-corrected chi connectivity index (χ3v) is 6.41. The number of hydrogen-bond donors (Lipinski definition) is 0. The topological polar surface area (TPSA) is 62.5 Å². The lowest BCUT2D eigenvalue weighted by molar-refractivity contribution is 0.386. The monoisotopic (exact) mass is 415 g/mol. The van der Waals surface area contributed by atoms with E-state index in [1.54, 1.807) is 18.5 Å². The first-order valence-corrected chi connectivity index (χ1v) is 10.5. The van der Waals surface area contributed by atoms with E-state index in [1.165, 1.54) is 12.1 Å². The molecule has 2 saturated heterocycles. The Bertz CT molecular complexity index is 1240. The molecule has 0 spiro atoms. The predicted octanol–water partition coefficient (Wildman–Crippen LogP) is 2.99. The van der Waals surface area contributed by atoms with Crippen molar-refractivity contribution in [2.45, 2.75) is 0 Å². The van der Waals surface area contributed by atoms with Gasteiger partial charge in [0.15, 0.2) is 5.65 Å². The van der Waals surface area contributed by atoms with Crippen molar-refractivity contribution in [2.24, 2.45) is 11.8 Å². The zero-order valence-electron chi connectivity index (χ0n) is 17.2. The fraction of sp³-hybridized carbons (Fsp3) is 0.304. The molecule has 2 aliphatic heterocycles. The Balaban J connectivity index is 1.48. The quantitative estimate of drug-likeness (QED) is 0.513. The molecule has 3 aromatic heterocycles. The van der Waals surface area contributed by atoms with E-state index < -0.39 is 0 Å². The highest BCUT2D eigenvalue weighted by molar-refractivity contribution is 5.81. The normalized spacial score (nSPS) is 21.2. The van der Waals surface area contributed by atoms with E-state index in [0.29, 0.717) is 28.7 Å². The highest BCUT2D eigenvalue weighted by atomic mass is 19.1. The summed E-state index contributed by atoms with van der Waals surface area (Å²) < 4.78 is 15.8. The average Bonchev–Trinajstić information content (AvgIpc) is 3.44. The van der Waals surface area contributed by atoms with Gasteiger partial charge in [-0.3, -0.25) is 0 Å². The van der Waals surface area contributed by atoms with Crippen LogP contribution in [0.1, 0.15) is 0 Å². The summed E-state index contributed by atoms with van der Waals surface area (Å²) in [6.45, 7) is 4.33. The number of imidazole rings is 1. The van der Waals surface area contributed by atoms with Gasteiger partial charge in [0, 0.05) is 37.3 Å². The lowest BCUT2D eigenvalue weighted by Crippen LogP contribution is -2.27. The van der Waals surface area contributed by atoms with Gasteiger partial charge in [0.1, 0.15) is 17.3 Å². The van der Waals surface area contributed by atoms with Gasteiger partial charge in [-0.1, -0.05) is 12.1 Å². The van der Waals surface area contributed by atoms with Crippen molar-refractivity contribution in [3.8, 4) is 22.5 Å². The Morgan fingerprint density at radius 2 is 1.77 bits per heavy atom. The summed E-state index contributed by atoms with van der Waals surface area (Å²) in [5.74, 6) is 2.03. The highest BCUT2D eigenvalue weighted by Gasteiger charge is 2.39. The first-order chi connectivity index (χ1) is 15.2. The maximum Gasteiger partial charge on any atom is 0.155 e. The van der Waals surface area contributed by atoms with Crippen LogP contribution in [0.5, 0.6) is 0 Å². The van der Waals surface area contributed by atoms with Crippen molar-refractivity contribution in [1.82, 2.24) is 29.7 Å². The van der Waals surface area contributed by atoms with Crippen LogP contribution in [-0.4, -0.2) is 62.9 Å². The smallest absolute Gasteiger partial charge is 0.155 e. The molecule has 7 nitrogen and oxygen atoms in total. The first kappa shape index (κ1) is 18.4. The Morgan fingerprint density at radius 3 is 2.52 bits per heavy atom. The molecule has 0 aliphatic carbocycles. The van der Waals surface area contributed by atoms with Crippen LogP contribution in [0.3, 0.4) is 0 Å². The minimum absolute atomic E-state index is 0.296. The molecule has 6 rings (SSSR count). The maximum atomic E-state index is 14.0. The van der Waals surface area contributed by atoms with E-state index in [-0.39, 0.29) is 5.82 Å². The Labute approximate surface area is 179 Å². The summed E-state index contributed by atoms with van der Waals surface area (Å²) in [6.07, 6.45) is 3.34. The van der Waals surface area contributed by atoms with E-state index in [0.717, 1.165) is 43.3 Å². The summed E-state index contributed by atoms with van der Waals surface area (Å²) in [7, 11) is 2.20. The third kappa shape index (κ3) is 3.14. The van der Waals surface area contributed by atoms with Crippen LogP contribution in [0.4, 0.5) is 10.2 Å². The fourth-order valence-electron chi connectivity index (χ4n) is 5.03. The molecule has 1 aromatic carbocycles. The lowest BCUT2D eigenvalue weighted by atomic mass is 10.0. The molecule has 0 radical (unpaired) electrons. The molecule has 5 heterocycles. The highest BCUT2D eigenvalue weighted by Crippen LogP contribution is 2.35. The summed E-state index contributed by atoms with van der Waals surface area (Å²) in [5.41, 5.74) is 3.73. The second-order valence-electron chi connectivity index (χ2n) is 8.56. The van der Waals surface area contributed by atoms with E-state index in [2.05, 4.69) is 27.0 Å². The van der Waals surface area contributed by atoms with Gasteiger partial charge in [0.2, 0.25) is 0 Å². The van der Waals surface area contributed by atoms with E-state index in [4.69, 9.17) is 10.1 Å². The molecule has 2 aliphatic rings. The van der Waals surface area contributed by atoms with Crippen LogP contribution in [-0.2, 0) is 0 Å². The Morgan fingerprint density at radius 1 is 0.935 bits per heavy atom. The molecule has 156 valence electrons. The molecule has 0 saturated carbocycles. The van der Waals surface area contributed by atoms with Crippen LogP contribution in [0.15, 0.2) is 54.9 Å². The number of anilines is 1. The fourth-order valence-corrected chi connectivity index (χ4v) is 5.03.